The first-order chi connectivity index (χ1) is 8.92. The van der Waals surface area contributed by atoms with Crippen molar-refractivity contribution < 1.29 is 0 Å². The number of fused-ring (bicyclic) bond motifs is 1. The molecule has 0 amide bonds. The van der Waals surface area contributed by atoms with E-state index in [9.17, 15) is 0 Å². The van der Waals surface area contributed by atoms with E-state index in [0.717, 1.165) is 11.3 Å². The Kier molecular flexibility index (Phi) is 2.84. The summed E-state index contributed by atoms with van der Waals surface area (Å²) in [5.74, 6) is 0. The van der Waals surface area contributed by atoms with Crippen LogP contribution in [0, 0.1) is 0 Å². The largest absolute Gasteiger partial charge is 0.265 e. The van der Waals surface area contributed by atoms with Crippen LogP contribution in [0.5, 0.6) is 0 Å². The molecule has 0 atom stereocenters. The summed E-state index contributed by atoms with van der Waals surface area (Å²) in [6.07, 6.45) is 5.36. The first-order valence-electron chi connectivity index (χ1n) is 5.85. The van der Waals surface area contributed by atoms with E-state index in [1.807, 2.05) is 30.5 Å². The minimum Gasteiger partial charge on any atom is -0.265 e. The summed E-state index contributed by atoms with van der Waals surface area (Å²) >= 11 is 0. The van der Waals surface area contributed by atoms with Crippen molar-refractivity contribution in [3.05, 3.63) is 72.6 Å². The van der Waals surface area contributed by atoms with Gasteiger partial charge < -0.3 is 0 Å². The molecule has 2 nitrogen and oxygen atoms in total. The van der Waals surface area contributed by atoms with Crippen molar-refractivity contribution in [2.45, 2.75) is 0 Å². The van der Waals surface area contributed by atoms with Gasteiger partial charge >= 0.3 is 0 Å². The molecule has 3 aromatic rings. The van der Waals surface area contributed by atoms with Gasteiger partial charge in [-0.3, -0.25) is 9.98 Å². The molecule has 18 heavy (non-hydrogen) atoms. The maximum absolute atomic E-state index is 4.42. The zero-order valence-electron chi connectivity index (χ0n) is 9.82. The average molecular weight is 232 g/mol. The third kappa shape index (κ3) is 2.28. The summed E-state index contributed by atoms with van der Waals surface area (Å²) < 4.78 is 0. The predicted octanol–water partition coefficient (Wildman–Crippen LogP) is 3.99. The number of hydrogen-bond donors (Lipinski definition) is 0. The number of hydrogen-bond acceptors (Lipinski definition) is 2. The first-order valence-corrected chi connectivity index (χ1v) is 5.85. The molecule has 3 rings (SSSR count). The minimum atomic E-state index is 0.915. The van der Waals surface area contributed by atoms with Crippen molar-refractivity contribution >= 4 is 22.7 Å². The van der Waals surface area contributed by atoms with Crippen molar-refractivity contribution in [3.8, 4) is 0 Å². The Balaban J connectivity index is 1.93. The average Bonchev–Trinajstić information content (AvgIpc) is 2.46. The monoisotopic (exact) mass is 232 g/mol. The fraction of sp³-hybridized carbons (Fsp3) is 0. The van der Waals surface area contributed by atoms with Crippen LogP contribution in [0.25, 0.3) is 10.8 Å². The topological polar surface area (TPSA) is 25.2 Å². The summed E-state index contributed by atoms with van der Waals surface area (Å²) in [5, 5.41) is 2.48. The summed E-state index contributed by atoms with van der Waals surface area (Å²) in [4.78, 5) is 8.39. The summed E-state index contributed by atoms with van der Waals surface area (Å²) in [7, 11) is 0. The maximum Gasteiger partial charge on any atom is 0.0660 e. The highest BCUT2D eigenvalue weighted by atomic mass is 14.7. The van der Waals surface area contributed by atoms with Gasteiger partial charge in [0.05, 0.1) is 5.69 Å². The van der Waals surface area contributed by atoms with Crippen molar-refractivity contribution in [1.82, 2.24) is 4.98 Å². The number of rotatable bonds is 2. The Morgan fingerprint density at radius 2 is 1.61 bits per heavy atom. The highest BCUT2D eigenvalue weighted by Gasteiger charge is 1.93. The Morgan fingerprint density at radius 3 is 2.44 bits per heavy atom. The number of aromatic nitrogens is 1. The molecule has 0 unspecified atom stereocenters. The second kappa shape index (κ2) is 4.80. The molecular weight excluding hydrogens is 220 g/mol. The van der Waals surface area contributed by atoms with Crippen molar-refractivity contribution in [3.63, 3.8) is 0 Å². The van der Waals surface area contributed by atoms with Crippen LogP contribution in [0.4, 0.5) is 5.69 Å². The molecule has 2 heteroatoms. The molecule has 0 radical (unpaired) electrons. The number of benzene rings is 2. The van der Waals surface area contributed by atoms with Crippen LogP contribution in [0.1, 0.15) is 5.56 Å². The molecule has 0 N–H and O–H groups in total. The number of pyridine rings is 1. The van der Waals surface area contributed by atoms with Crippen molar-refractivity contribution in [2.75, 3.05) is 0 Å². The van der Waals surface area contributed by atoms with E-state index < -0.39 is 0 Å². The van der Waals surface area contributed by atoms with E-state index in [1.54, 1.807) is 12.4 Å². The predicted molar refractivity (Wildman–Crippen MR) is 75.4 cm³/mol. The van der Waals surface area contributed by atoms with Crippen LogP contribution >= 0.6 is 0 Å². The highest BCUT2D eigenvalue weighted by Crippen LogP contribution is 2.15. The molecule has 0 aliphatic heterocycles. The number of aliphatic imine (C=N–C) groups is 1. The Bertz CT molecular complexity index is 688. The quantitative estimate of drug-likeness (QED) is 0.613. The molecule has 0 bridgehead atoms. The van der Waals surface area contributed by atoms with E-state index in [4.69, 9.17) is 0 Å². The summed E-state index contributed by atoms with van der Waals surface area (Å²) in [6, 6.07) is 18.4. The normalized spacial score (nSPS) is 11.1. The summed E-state index contributed by atoms with van der Waals surface area (Å²) in [6.45, 7) is 0. The van der Waals surface area contributed by atoms with Crippen LogP contribution < -0.4 is 0 Å². The third-order valence-electron chi connectivity index (χ3n) is 2.80. The molecule has 0 saturated heterocycles. The molecule has 1 heterocycles. The van der Waals surface area contributed by atoms with Gasteiger partial charge in [0.2, 0.25) is 0 Å². The van der Waals surface area contributed by atoms with Gasteiger partial charge in [0.25, 0.3) is 0 Å². The molecular formula is C16H12N2. The Hall–Kier alpha value is -2.48. The highest BCUT2D eigenvalue weighted by molar-refractivity contribution is 5.91. The van der Waals surface area contributed by atoms with E-state index in [0.29, 0.717) is 0 Å². The van der Waals surface area contributed by atoms with Crippen molar-refractivity contribution in [2.24, 2.45) is 4.99 Å². The molecule has 2 aromatic carbocycles. The van der Waals surface area contributed by atoms with Gasteiger partial charge in [0, 0.05) is 18.6 Å². The van der Waals surface area contributed by atoms with Gasteiger partial charge in [-0.1, -0.05) is 36.4 Å². The lowest BCUT2D eigenvalue weighted by molar-refractivity contribution is 1.32. The van der Waals surface area contributed by atoms with Gasteiger partial charge in [-0.15, -0.1) is 0 Å². The molecule has 0 aliphatic carbocycles. The number of nitrogens with zero attached hydrogens (tertiary/aromatic N) is 2. The molecule has 1 aromatic heterocycles. The van der Waals surface area contributed by atoms with Crippen LogP contribution in [-0.4, -0.2) is 11.2 Å². The van der Waals surface area contributed by atoms with Gasteiger partial charge in [0.1, 0.15) is 0 Å². The lowest BCUT2D eigenvalue weighted by Gasteiger charge is -1.98. The molecule has 86 valence electrons. The lowest BCUT2D eigenvalue weighted by Crippen LogP contribution is -1.81. The second-order valence-electron chi connectivity index (χ2n) is 4.07. The van der Waals surface area contributed by atoms with Gasteiger partial charge in [-0.25, -0.2) is 0 Å². The zero-order chi connectivity index (χ0) is 12.2. The van der Waals surface area contributed by atoms with Gasteiger partial charge in [0.15, 0.2) is 0 Å². The first kappa shape index (κ1) is 10.7. The van der Waals surface area contributed by atoms with E-state index in [1.165, 1.54) is 10.8 Å². The van der Waals surface area contributed by atoms with Crippen LogP contribution in [-0.2, 0) is 0 Å². The van der Waals surface area contributed by atoms with E-state index >= 15 is 0 Å². The molecule has 0 aliphatic rings. The Labute approximate surface area is 106 Å². The second-order valence-corrected chi connectivity index (χ2v) is 4.07. The standard InChI is InChI=1S/C16H12N2/c1-2-4-15-11-13(5-6-14(15)3-1)12-18-16-7-9-17-10-8-16/h1-12H. The molecule has 0 spiro atoms. The van der Waals surface area contributed by atoms with Crippen LogP contribution in [0.2, 0.25) is 0 Å². The molecule has 0 fully saturated rings. The zero-order valence-corrected chi connectivity index (χ0v) is 9.82. The third-order valence-corrected chi connectivity index (χ3v) is 2.80. The summed E-state index contributed by atoms with van der Waals surface area (Å²) in [5.41, 5.74) is 2.02. The van der Waals surface area contributed by atoms with Crippen LogP contribution in [0.15, 0.2) is 72.0 Å². The minimum absolute atomic E-state index is 0.915. The van der Waals surface area contributed by atoms with Gasteiger partial charge in [-0.2, -0.15) is 0 Å². The lowest BCUT2D eigenvalue weighted by atomic mass is 10.1. The van der Waals surface area contributed by atoms with Crippen molar-refractivity contribution in [1.29, 1.82) is 0 Å². The van der Waals surface area contributed by atoms with Gasteiger partial charge in [-0.05, 0) is 34.5 Å². The maximum atomic E-state index is 4.42. The smallest absolute Gasteiger partial charge is 0.0660 e. The fourth-order valence-corrected chi connectivity index (χ4v) is 1.87. The van der Waals surface area contributed by atoms with E-state index in [-0.39, 0.29) is 0 Å². The van der Waals surface area contributed by atoms with E-state index in [2.05, 4.69) is 40.3 Å². The fourth-order valence-electron chi connectivity index (χ4n) is 1.87. The SMILES string of the molecule is C(=Nc1ccncc1)c1ccc2ccccc2c1. The molecule has 0 saturated carbocycles. The Morgan fingerprint density at radius 1 is 0.833 bits per heavy atom. The van der Waals surface area contributed by atoms with Crippen LogP contribution in [0.3, 0.4) is 0 Å².